The van der Waals surface area contributed by atoms with Crippen molar-refractivity contribution in [3.8, 4) is 0 Å². The minimum absolute atomic E-state index is 0.909. The lowest BCUT2D eigenvalue weighted by molar-refractivity contribution is -0.184. The van der Waals surface area contributed by atoms with E-state index < -0.39 is 59.4 Å². The van der Waals surface area contributed by atoms with Crippen molar-refractivity contribution in [2.75, 3.05) is 0 Å². The number of hydrogen-bond acceptors (Lipinski definition) is 5. The first-order valence-corrected chi connectivity index (χ1v) is 5.21. The van der Waals surface area contributed by atoms with Crippen LogP contribution in [0.5, 0.6) is 0 Å². The predicted octanol–water partition coefficient (Wildman–Crippen LogP) is -1.21. The second-order valence-electron chi connectivity index (χ2n) is 4.43. The van der Waals surface area contributed by atoms with Gasteiger partial charge in [-0.2, -0.15) is 0 Å². The normalized spacial score (nSPS) is 20.2. The Balaban J connectivity index is 3.68. The summed E-state index contributed by atoms with van der Waals surface area (Å²) in [6, 6.07) is 0. The summed E-state index contributed by atoms with van der Waals surface area (Å²) in [6.45, 7) is 0. The van der Waals surface area contributed by atoms with E-state index in [0.29, 0.717) is 0 Å². The molecule has 10 heteroatoms. The van der Waals surface area contributed by atoms with Crippen LogP contribution in [0.25, 0.3) is 0 Å². The molecule has 0 aromatic rings. The van der Waals surface area contributed by atoms with Crippen LogP contribution in [0.2, 0.25) is 0 Å². The van der Waals surface area contributed by atoms with Gasteiger partial charge in [-0.1, -0.05) is 0 Å². The van der Waals surface area contributed by atoms with E-state index in [-0.39, 0.29) is 0 Å². The summed E-state index contributed by atoms with van der Waals surface area (Å²) >= 11 is 0. The molecule has 1 fully saturated rings. The molecule has 0 radical (unpaired) electrons. The number of hydrogen-bond donors (Lipinski definition) is 5. The quantitative estimate of drug-likeness (QED) is 0.384. The Bertz CT molecular complexity index is 450. The highest BCUT2D eigenvalue weighted by atomic mass is 16.4. The van der Waals surface area contributed by atoms with E-state index in [0.717, 1.165) is 0 Å². The van der Waals surface area contributed by atoms with Crippen molar-refractivity contribution in [3.05, 3.63) is 0 Å². The van der Waals surface area contributed by atoms with E-state index in [1.807, 2.05) is 0 Å². The van der Waals surface area contributed by atoms with Crippen molar-refractivity contribution in [2.45, 2.75) is 12.8 Å². The van der Waals surface area contributed by atoms with Crippen LogP contribution in [0.15, 0.2) is 0 Å². The predicted molar refractivity (Wildman–Crippen MR) is 55.8 cm³/mol. The fourth-order valence-corrected chi connectivity index (χ4v) is 2.63. The van der Waals surface area contributed by atoms with Gasteiger partial charge in [-0.3, -0.25) is 24.0 Å². The molecular weight excluding hydrogens is 280 g/mol. The molecule has 110 valence electrons. The summed E-state index contributed by atoms with van der Waals surface area (Å²) in [6.07, 6.45) is -1.82. The average Bonchev–Trinajstić information content (AvgIpc) is 2.66. The molecule has 0 saturated heterocycles. The first kappa shape index (κ1) is 15.4. The van der Waals surface area contributed by atoms with Crippen molar-refractivity contribution in [1.82, 2.24) is 0 Å². The zero-order chi connectivity index (χ0) is 15.9. The molecule has 20 heavy (non-hydrogen) atoms. The van der Waals surface area contributed by atoms with Gasteiger partial charge >= 0.3 is 29.8 Å². The molecule has 1 aliphatic rings. The molecule has 1 saturated carbocycles. The Hall–Kier alpha value is -2.65. The van der Waals surface area contributed by atoms with E-state index in [2.05, 4.69) is 0 Å². The van der Waals surface area contributed by atoms with Crippen LogP contribution in [0.4, 0.5) is 0 Å². The molecule has 1 aliphatic carbocycles. The smallest absolute Gasteiger partial charge is 0.322 e. The highest BCUT2D eigenvalue weighted by Gasteiger charge is 2.74. The van der Waals surface area contributed by atoms with Crippen LogP contribution >= 0.6 is 0 Å². The third-order valence-electron chi connectivity index (χ3n) is 3.67. The molecule has 0 aliphatic heterocycles. The third kappa shape index (κ3) is 1.61. The lowest BCUT2D eigenvalue weighted by Crippen LogP contribution is -2.54. The number of carbonyl (C=O) groups is 5. The summed E-state index contributed by atoms with van der Waals surface area (Å²) < 4.78 is 0. The Morgan fingerprint density at radius 2 is 0.900 bits per heavy atom. The van der Waals surface area contributed by atoms with Gasteiger partial charge in [-0.15, -0.1) is 0 Å². The Kier molecular flexibility index (Phi) is 3.45. The van der Waals surface area contributed by atoms with Gasteiger partial charge in [0.2, 0.25) is 0 Å². The van der Waals surface area contributed by atoms with Crippen molar-refractivity contribution < 1.29 is 49.5 Å². The Morgan fingerprint density at radius 3 is 1.05 bits per heavy atom. The van der Waals surface area contributed by atoms with Crippen molar-refractivity contribution in [1.29, 1.82) is 0 Å². The third-order valence-corrected chi connectivity index (χ3v) is 3.67. The maximum Gasteiger partial charge on any atom is 0.322 e. The molecule has 0 bridgehead atoms. The number of rotatable bonds is 5. The second-order valence-corrected chi connectivity index (χ2v) is 4.43. The van der Waals surface area contributed by atoms with Crippen molar-refractivity contribution in [3.63, 3.8) is 0 Å². The van der Waals surface area contributed by atoms with E-state index >= 15 is 0 Å². The number of carboxylic acids is 5. The van der Waals surface area contributed by atoms with E-state index in [1.54, 1.807) is 0 Å². The maximum absolute atomic E-state index is 11.2. The highest BCUT2D eigenvalue weighted by molar-refractivity contribution is 6.10. The summed E-state index contributed by atoms with van der Waals surface area (Å²) in [5, 5.41) is 45.1. The first-order chi connectivity index (χ1) is 9.05. The lowest BCUT2D eigenvalue weighted by Gasteiger charge is -2.30. The minimum Gasteiger partial charge on any atom is -0.481 e. The molecule has 0 aromatic heterocycles. The lowest BCUT2D eigenvalue weighted by atomic mass is 9.68. The largest absolute Gasteiger partial charge is 0.481 e. The monoisotopic (exact) mass is 290 g/mol. The maximum atomic E-state index is 11.2. The van der Waals surface area contributed by atoms with Gasteiger partial charge in [0.1, 0.15) is 5.92 Å². The molecule has 0 heterocycles. The fraction of sp³-hybridized carbons (Fsp3) is 0.500. The van der Waals surface area contributed by atoms with Gasteiger partial charge in [0.25, 0.3) is 0 Å². The molecule has 0 amide bonds. The summed E-state index contributed by atoms with van der Waals surface area (Å²) in [4.78, 5) is 55.9. The summed E-state index contributed by atoms with van der Waals surface area (Å²) in [5.41, 5.74) is -5.99. The zero-order valence-corrected chi connectivity index (χ0v) is 9.77. The minimum atomic E-state index is -3.00. The van der Waals surface area contributed by atoms with Crippen LogP contribution in [-0.4, -0.2) is 55.4 Å². The van der Waals surface area contributed by atoms with Gasteiger partial charge in [0.05, 0.1) is 0 Å². The molecule has 5 N–H and O–H groups in total. The van der Waals surface area contributed by atoms with Crippen molar-refractivity contribution >= 4 is 29.8 Å². The Morgan fingerprint density at radius 1 is 0.650 bits per heavy atom. The average molecular weight is 290 g/mol. The van der Waals surface area contributed by atoms with Gasteiger partial charge in [0.15, 0.2) is 10.8 Å². The van der Waals surface area contributed by atoms with Crippen LogP contribution < -0.4 is 0 Å². The molecule has 1 rings (SSSR count). The molecule has 0 aromatic carbocycles. The molecule has 10 nitrogen and oxygen atoms in total. The first-order valence-electron chi connectivity index (χ1n) is 5.21. The van der Waals surface area contributed by atoms with Crippen LogP contribution in [0, 0.1) is 16.7 Å². The van der Waals surface area contributed by atoms with E-state index in [9.17, 15) is 24.0 Å². The van der Waals surface area contributed by atoms with E-state index in [1.165, 1.54) is 0 Å². The molecule has 0 unspecified atom stereocenters. The van der Waals surface area contributed by atoms with Gasteiger partial charge in [-0.05, 0) is 12.8 Å². The second kappa shape index (κ2) is 4.47. The highest BCUT2D eigenvalue weighted by Crippen LogP contribution is 2.55. The van der Waals surface area contributed by atoms with Gasteiger partial charge in [-0.25, -0.2) is 0 Å². The number of aliphatic carboxylic acids is 5. The van der Waals surface area contributed by atoms with Gasteiger partial charge < -0.3 is 25.5 Å². The summed E-state index contributed by atoms with van der Waals surface area (Å²) in [7, 11) is 0. The van der Waals surface area contributed by atoms with Crippen LogP contribution in [0.3, 0.4) is 0 Å². The topological polar surface area (TPSA) is 186 Å². The SMILES string of the molecule is O=C(O)C1C(C(=O)O)(C(=O)O)CCC1(C(=O)O)C(=O)O. The molecule has 0 spiro atoms. The van der Waals surface area contributed by atoms with Gasteiger partial charge in [0, 0.05) is 0 Å². The van der Waals surface area contributed by atoms with E-state index in [4.69, 9.17) is 25.5 Å². The number of carboxylic acid groups (broad SMARTS) is 5. The molecular formula is C10H10O10. The van der Waals surface area contributed by atoms with Crippen LogP contribution in [-0.2, 0) is 24.0 Å². The zero-order valence-electron chi connectivity index (χ0n) is 9.77. The molecule has 0 atom stereocenters. The Labute approximate surface area is 110 Å². The van der Waals surface area contributed by atoms with Crippen LogP contribution in [0.1, 0.15) is 12.8 Å². The summed E-state index contributed by atoms with van der Waals surface area (Å²) in [5.74, 6) is -13.1. The standard InChI is InChI=1S/C10H10O10/c11-4(12)3-9(5(13)14,6(15)16)1-2-10(3,7(17)18)8(19)20/h3H,1-2H2,(H,11,12)(H,13,14)(H,15,16)(H,17,18)(H,19,20). The van der Waals surface area contributed by atoms with Crippen molar-refractivity contribution in [2.24, 2.45) is 16.7 Å². The fourth-order valence-electron chi connectivity index (χ4n) is 2.63.